The number of nitrogens with zero attached hydrogens (tertiary/aromatic N) is 2. The second kappa shape index (κ2) is 8.27. The molecular formula is C22H25F3N2O2. The van der Waals surface area contributed by atoms with Crippen molar-refractivity contribution < 1.29 is 22.8 Å². The van der Waals surface area contributed by atoms with E-state index in [1.807, 2.05) is 6.92 Å². The molecule has 0 aliphatic heterocycles. The van der Waals surface area contributed by atoms with Crippen molar-refractivity contribution in [2.45, 2.75) is 46.3 Å². The molecule has 0 saturated carbocycles. The summed E-state index contributed by atoms with van der Waals surface area (Å²) in [5, 5.41) is 2.63. The number of carbonyl (C=O) groups excluding carboxylic acids is 2. The lowest BCUT2D eigenvalue weighted by molar-refractivity contribution is -0.137. The number of rotatable bonds is 3. The molecule has 0 atom stereocenters. The van der Waals surface area contributed by atoms with Crippen molar-refractivity contribution in [1.82, 2.24) is 10.0 Å². The number of carbonyl (C=O) groups is 2. The van der Waals surface area contributed by atoms with Crippen molar-refractivity contribution in [3.8, 4) is 0 Å². The zero-order chi connectivity index (χ0) is 22.0. The Kier molecular flexibility index (Phi) is 6.40. The number of hydrogen-bond donors (Lipinski definition) is 0. The zero-order valence-corrected chi connectivity index (χ0v) is 17.2. The highest BCUT2D eigenvalue weighted by molar-refractivity contribution is 5.99. The fourth-order valence-electron chi connectivity index (χ4n) is 2.92. The van der Waals surface area contributed by atoms with Gasteiger partial charge in [0.05, 0.1) is 11.1 Å². The highest BCUT2D eigenvalue weighted by Gasteiger charge is 2.36. The van der Waals surface area contributed by atoms with Gasteiger partial charge in [0.25, 0.3) is 11.8 Å². The van der Waals surface area contributed by atoms with Crippen LogP contribution in [0.5, 0.6) is 0 Å². The average molecular weight is 406 g/mol. The van der Waals surface area contributed by atoms with E-state index in [1.165, 1.54) is 10.0 Å². The SMILES string of the molecule is CCN(C(=O)c1ccc(C)cc1)N(C(=O)c1ccc(C(F)(F)F)cc1)C(C)(C)C. The molecule has 0 saturated heterocycles. The molecule has 29 heavy (non-hydrogen) atoms. The van der Waals surface area contributed by atoms with Gasteiger partial charge >= 0.3 is 6.18 Å². The predicted octanol–water partition coefficient (Wildman–Crippen LogP) is 5.33. The molecule has 4 nitrogen and oxygen atoms in total. The Balaban J connectivity index is 2.42. The van der Waals surface area contributed by atoms with E-state index in [9.17, 15) is 22.8 Å². The molecule has 0 N–H and O–H groups in total. The van der Waals surface area contributed by atoms with Crippen molar-refractivity contribution in [3.63, 3.8) is 0 Å². The molecular weight excluding hydrogens is 381 g/mol. The molecule has 2 rings (SSSR count). The molecule has 0 aromatic heterocycles. The summed E-state index contributed by atoms with van der Waals surface area (Å²) < 4.78 is 38.5. The van der Waals surface area contributed by atoms with Gasteiger partial charge in [-0.05, 0) is 71.0 Å². The second-order valence-corrected chi connectivity index (χ2v) is 7.75. The van der Waals surface area contributed by atoms with Crippen LogP contribution in [0.3, 0.4) is 0 Å². The maximum absolute atomic E-state index is 13.2. The van der Waals surface area contributed by atoms with Crippen LogP contribution in [0, 0.1) is 6.92 Å². The summed E-state index contributed by atoms with van der Waals surface area (Å²) in [6.45, 7) is 9.16. The van der Waals surface area contributed by atoms with Crippen LogP contribution in [0.15, 0.2) is 48.5 Å². The Morgan fingerprint density at radius 1 is 0.828 bits per heavy atom. The van der Waals surface area contributed by atoms with Gasteiger partial charge in [-0.15, -0.1) is 0 Å². The summed E-state index contributed by atoms with van der Waals surface area (Å²) in [7, 11) is 0. The molecule has 0 bridgehead atoms. The van der Waals surface area contributed by atoms with Crippen molar-refractivity contribution in [1.29, 1.82) is 0 Å². The van der Waals surface area contributed by atoms with Crippen molar-refractivity contribution in [2.24, 2.45) is 0 Å². The number of aryl methyl sites for hydroxylation is 1. The van der Waals surface area contributed by atoms with Gasteiger partial charge in [-0.1, -0.05) is 17.7 Å². The van der Waals surface area contributed by atoms with Gasteiger partial charge in [0.1, 0.15) is 0 Å². The minimum atomic E-state index is -4.48. The number of hydrogen-bond acceptors (Lipinski definition) is 2. The van der Waals surface area contributed by atoms with E-state index in [2.05, 4.69) is 0 Å². The number of benzene rings is 2. The lowest BCUT2D eigenvalue weighted by atomic mass is 10.0. The van der Waals surface area contributed by atoms with Gasteiger partial charge in [0, 0.05) is 17.7 Å². The third-order valence-electron chi connectivity index (χ3n) is 4.36. The van der Waals surface area contributed by atoms with Crippen LogP contribution in [-0.4, -0.2) is 33.9 Å². The van der Waals surface area contributed by atoms with E-state index in [-0.39, 0.29) is 18.0 Å². The smallest absolute Gasteiger partial charge is 0.267 e. The zero-order valence-electron chi connectivity index (χ0n) is 17.2. The van der Waals surface area contributed by atoms with Crippen LogP contribution in [0.2, 0.25) is 0 Å². The van der Waals surface area contributed by atoms with E-state index in [0.29, 0.717) is 5.56 Å². The first-order chi connectivity index (χ1) is 13.4. The topological polar surface area (TPSA) is 40.6 Å². The number of halogens is 3. The maximum atomic E-state index is 13.2. The second-order valence-electron chi connectivity index (χ2n) is 7.75. The van der Waals surface area contributed by atoms with Crippen molar-refractivity contribution >= 4 is 11.8 Å². The number of alkyl halides is 3. The molecule has 0 radical (unpaired) electrons. The first-order valence-corrected chi connectivity index (χ1v) is 9.26. The predicted molar refractivity (Wildman–Crippen MR) is 105 cm³/mol. The fourth-order valence-corrected chi connectivity index (χ4v) is 2.92. The Morgan fingerprint density at radius 3 is 1.69 bits per heavy atom. The summed E-state index contributed by atoms with van der Waals surface area (Å²) in [5.74, 6) is -0.906. The molecule has 0 fully saturated rings. The van der Waals surface area contributed by atoms with Gasteiger partial charge in [-0.25, -0.2) is 10.0 Å². The summed E-state index contributed by atoms with van der Waals surface area (Å²) in [6, 6.07) is 11.0. The molecule has 0 aliphatic rings. The van der Waals surface area contributed by atoms with E-state index in [4.69, 9.17) is 0 Å². The third kappa shape index (κ3) is 5.16. The van der Waals surface area contributed by atoms with Gasteiger partial charge in [0.2, 0.25) is 0 Å². The van der Waals surface area contributed by atoms with E-state index in [0.717, 1.165) is 29.8 Å². The molecule has 2 aromatic carbocycles. The van der Waals surface area contributed by atoms with E-state index in [1.54, 1.807) is 52.0 Å². The Hall–Kier alpha value is -2.83. The van der Waals surface area contributed by atoms with Crippen LogP contribution >= 0.6 is 0 Å². The van der Waals surface area contributed by atoms with Crippen LogP contribution < -0.4 is 0 Å². The van der Waals surface area contributed by atoms with Crippen LogP contribution in [-0.2, 0) is 6.18 Å². The molecule has 0 heterocycles. The summed E-state index contributed by atoms with van der Waals surface area (Å²) in [6.07, 6.45) is -4.48. The molecule has 2 aromatic rings. The van der Waals surface area contributed by atoms with Crippen LogP contribution in [0.25, 0.3) is 0 Å². The molecule has 156 valence electrons. The standard InChI is InChI=1S/C22H25F3N2O2/c1-6-26(19(28)16-9-7-15(2)8-10-16)27(21(3,4)5)20(29)17-11-13-18(14-12-17)22(23,24)25/h7-14H,6H2,1-5H3. The lowest BCUT2D eigenvalue weighted by Gasteiger charge is -2.43. The maximum Gasteiger partial charge on any atom is 0.416 e. The van der Waals surface area contributed by atoms with Crippen LogP contribution in [0.4, 0.5) is 13.2 Å². The number of hydrazine groups is 1. The summed E-state index contributed by atoms with van der Waals surface area (Å²) in [5.41, 5.74) is -0.122. The van der Waals surface area contributed by atoms with Gasteiger partial charge in [0.15, 0.2) is 0 Å². The summed E-state index contributed by atoms with van der Waals surface area (Å²) in [4.78, 5) is 26.3. The highest BCUT2D eigenvalue weighted by atomic mass is 19.4. The first-order valence-electron chi connectivity index (χ1n) is 9.26. The minimum absolute atomic E-state index is 0.0723. The quantitative estimate of drug-likeness (QED) is 0.647. The van der Waals surface area contributed by atoms with E-state index < -0.39 is 23.2 Å². The van der Waals surface area contributed by atoms with Gasteiger partial charge in [-0.3, -0.25) is 9.59 Å². The molecule has 0 spiro atoms. The highest BCUT2D eigenvalue weighted by Crippen LogP contribution is 2.30. The minimum Gasteiger partial charge on any atom is -0.267 e. The fraction of sp³-hybridized carbons (Fsp3) is 0.364. The average Bonchev–Trinajstić information content (AvgIpc) is 2.64. The molecule has 7 heteroatoms. The van der Waals surface area contributed by atoms with Gasteiger partial charge < -0.3 is 0 Å². The van der Waals surface area contributed by atoms with E-state index >= 15 is 0 Å². The van der Waals surface area contributed by atoms with Gasteiger partial charge in [-0.2, -0.15) is 13.2 Å². The third-order valence-corrected chi connectivity index (χ3v) is 4.36. The molecule has 2 amide bonds. The first kappa shape index (κ1) is 22.5. The van der Waals surface area contributed by atoms with Crippen molar-refractivity contribution in [3.05, 3.63) is 70.8 Å². The Labute approximate surface area is 168 Å². The lowest BCUT2D eigenvalue weighted by Crippen LogP contribution is -2.58. The molecule has 0 unspecified atom stereocenters. The number of amides is 2. The molecule has 0 aliphatic carbocycles. The Morgan fingerprint density at radius 2 is 1.28 bits per heavy atom. The largest absolute Gasteiger partial charge is 0.416 e. The summed E-state index contributed by atoms with van der Waals surface area (Å²) >= 11 is 0. The van der Waals surface area contributed by atoms with Crippen molar-refractivity contribution in [2.75, 3.05) is 6.54 Å². The normalized spacial score (nSPS) is 11.9. The monoisotopic (exact) mass is 406 g/mol. The van der Waals surface area contributed by atoms with Crippen LogP contribution in [0.1, 0.15) is 59.5 Å². The Bertz CT molecular complexity index is 867.